The predicted octanol–water partition coefficient (Wildman–Crippen LogP) is 2.93. The molecule has 1 amide bonds. The highest BCUT2D eigenvalue weighted by molar-refractivity contribution is 5.92. The maximum atomic E-state index is 12.8. The Morgan fingerprint density at radius 1 is 1.19 bits per heavy atom. The average molecular weight is 375 g/mol. The van der Waals surface area contributed by atoms with Gasteiger partial charge in [0.25, 0.3) is 5.91 Å². The Hall–Kier alpha value is -1.85. The van der Waals surface area contributed by atoms with Gasteiger partial charge in [-0.3, -0.25) is 9.48 Å². The summed E-state index contributed by atoms with van der Waals surface area (Å²) in [6.45, 7) is 3.71. The average Bonchev–Trinajstić information content (AvgIpc) is 3.33. The van der Waals surface area contributed by atoms with Crippen molar-refractivity contribution in [2.45, 2.75) is 31.7 Å². The molecule has 6 heteroatoms. The van der Waals surface area contributed by atoms with Crippen molar-refractivity contribution in [1.82, 2.24) is 20.0 Å². The zero-order chi connectivity index (χ0) is 17.1. The minimum absolute atomic E-state index is 0. The molecule has 0 radical (unpaired) electrons. The monoisotopic (exact) mass is 374 g/mol. The summed E-state index contributed by atoms with van der Waals surface area (Å²) in [6, 6.07) is 12.8. The van der Waals surface area contributed by atoms with Crippen LogP contribution in [0.2, 0.25) is 0 Å². The summed E-state index contributed by atoms with van der Waals surface area (Å²) >= 11 is 0. The molecule has 4 rings (SSSR count). The topological polar surface area (TPSA) is 50.2 Å². The molecule has 2 saturated heterocycles. The van der Waals surface area contributed by atoms with Crippen LogP contribution < -0.4 is 5.32 Å². The second-order valence-electron chi connectivity index (χ2n) is 7.28. The van der Waals surface area contributed by atoms with Crippen LogP contribution in [0.4, 0.5) is 0 Å². The Morgan fingerprint density at radius 2 is 2.04 bits per heavy atom. The lowest BCUT2D eigenvalue weighted by atomic mass is 9.99. The van der Waals surface area contributed by atoms with Crippen molar-refractivity contribution in [1.29, 1.82) is 0 Å². The first-order chi connectivity index (χ1) is 12.3. The summed E-state index contributed by atoms with van der Waals surface area (Å²) in [6.07, 6.45) is 6.38. The third-order valence-corrected chi connectivity index (χ3v) is 5.41. The normalized spacial score (nSPS) is 22.8. The zero-order valence-corrected chi connectivity index (χ0v) is 15.8. The molecule has 0 bridgehead atoms. The molecular formula is C20H27ClN4O. The number of rotatable bonds is 4. The highest BCUT2D eigenvalue weighted by atomic mass is 35.5. The van der Waals surface area contributed by atoms with Crippen LogP contribution in [0.15, 0.2) is 42.6 Å². The van der Waals surface area contributed by atoms with Gasteiger partial charge in [-0.05, 0) is 49.8 Å². The first-order valence-electron chi connectivity index (χ1n) is 9.38. The van der Waals surface area contributed by atoms with Crippen LogP contribution in [-0.2, 0) is 6.42 Å². The minimum atomic E-state index is 0. The fourth-order valence-electron chi connectivity index (χ4n) is 4.01. The predicted molar refractivity (Wildman–Crippen MR) is 105 cm³/mol. The van der Waals surface area contributed by atoms with Crippen LogP contribution in [0.25, 0.3) is 0 Å². The number of nitrogens with zero attached hydrogens (tertiary/aromatic N) is 3. The van der Waals surface area contributed by atoms with Crippen LogP contribution >= 0.6 is 12.4 Å². The van der Waals surface area contributed by atoms with Gasteiger partial charge in [-0.25, -0.2) is 0 Å². The molecule has 2 unspecified atom stereocenters. The van der Waals surface area contributed by atoms with Gasteiger partial charge in [0.15, 0.2) is 0 Å². The number of nitrogens with one attached hydrogen (secondary N) is 1. The van der Waals surface area contributed by atoms with Crippen LogP contribution in [-0.4, -0.2) is 46.8 Å². The highest BCUT2D eigenvalue weighted by Crippen LogP contribution is 2.23. The quantitative estimate of drug-likeness (QED) is 0.895. The number of carbonyl (C=O) groups excluding carboxylic acids is 1. The van der Waals surface area contributed by atoms with E-state index in [9.17, 15) is 4.79 Å². The standard InChI is InChI=1S/C20H26N4O.ClH/c25-20(19-9-12-24(22-19)18-7-4-10-21-14-18)23-11-8-17(15-23)13-16-5-2-1-3-6-16;/h1-3,5-6,9,12,17-18,21H,4,7-8,10-11,13-15H2;1H. The number of carbonyl (C=O) groups is 1. The number of likely N-dealkylation sites (tertiary alicyclic amines) is 1. The molecule has 2 atom stereocenters. The maximum Gasteiger partial charge on any atom is 0.274 e. The molecule has 2 fully saturated rings. The molecule has 0 saturated carbocycles. The van der Waals surface area contributed by atoms with E-state index in [4.69, 9.17) is 0 Å². The summed E-state index contributed by atoms with van der Waals surface area (Å²) in [4.78, 5) is 14.7. The number of benzene rings is 1. The van der Waals surface area contributed by atoms with Gasteiger partial charge in [0.1, 0.15) is 5.69 Å². The largest absolute Gasteiger partial charge is 0.337 e. The summed E-state index contributed by atoms with van der Waals surface area (Å²) < 4.78 is 1.97. The molecule has 3 heterocycles. The molecule has 1 aromatic heterocycles. The Morgan fingerprint density at radius 3 is 2.81 bits per heavy atom. The van der Waals surface area contributed by atoms with E-state index in [0.717, 1.165) is 45.4 Å². The summed E-state index contributed by atoms with van der Waals surface area (Å²) in [7, 11) is 0. The third-order valence-electron chi connectivity index (χ3n) is 5.41. The summed E-state index contributed by atoms with van der Waals surface area (Å²) in [5, 5.41) is 7.97. The lowest BCUT2D eigenvalue weighted by Gasteiger charge is -2.23. The number of amides is 1. The molecule has 2 aliphatic rings. The van der Waals surface area contributed by atoms with Crippen molar-refractivity contribution >= 4 is 18.3 Å². The van der Waals surface area contributed by atoms with Gasteiger partial charge in [0.2, 0.25) is 0 Å². The lowest BCUT2D eigenvalue weighted by molar-refractivity contribution is 0.0779. The number of hydrogen-bond donors (Lipinski definition) is 1. The van der Waals surface area contributed by atoms with Gasteiger partial charge in [-0.1, -0.05) is 30.3 Å². The van der Waals surface area contributed by atoms with E-state index >= 15 is 0 Å². The van der Waals surface area contributed by atoms with Gasteiger partial charge in [0.05, 0.1) is 6.04 Å². The Bertz CT molecular complexity index is 712. The molecule has 26 heavy (non-hydrogen) atoms. The molecule has 140 valence electrons. The SMILES string of the molecule is Cl.O=C(c1ccn(C2CCCNC2)n1)N1CCC(Cc2ccccc2)C1. The van der Waals surface area contributed by atoms with E-state index in [1.165, 1.54) is 12.0 Å². The van der Waals surface area contributed by atoms with Crippen LogP contribution in [0.3, 0.4) is 0 Å². The first-order valence-corrected chi connectivity index (χ1v) is 9.38. The number of aromatic nitrogens is 2. The minimum Gasteiger partial charge on any atom is -0.337 e. The Labute approximate surface area is 161 Å². The van der Waals surface area contributed by atoms with Crippen molar-refractivity contribution in [3.63, 3.8) is 0 Å². The lowest BCUT2D eigenvalue weighted by Crippen LogP contribution is -2.32. The van der Waals surface area contributed by atoms with Gasteiger partial charge < -0.3 is 10.2 Å². The fraction of sp³-hybridized carbons (Fsp3) is 0.500. The summed E-state index contributed by atoms with van der Waals surface area (Å²) in [5.74, 6) is 0.633. The zero-order valence-electron chi connectivity index (χ0n) is 15.0. The van der Waals surface area contributed by atoms with Gasteiger partial charge in [-0.15, -0.1) is 12.4 Å². The van der Waals surface area contributed by atoms with E-state index in [1.807, 2.05) is 27.9 Å². The molecule has 1 N–H and O–H groups in total. The van der Waals surface area contributed by atoms with E-state index < -0.39 is 0 Å². The van der Waals surface area contributed by atoms with Crippen LogP contribution in [0, 0.1) is 5.92 Å². The second-order valence-corrected chi connectivity index (χ2v) is 7.28. The maximum absolute atomic E-state index is 12.8. The smallest absolute Gasteiger partial charge is 0.274 e. The molecule has 2 aromatic rings. The molecule has 0 aliphatic carbocycles. The Kier molecular flexibility index (Phi) is 6.33. The number of piperidine rings is 1. The van der Waals surface area contributed by atoms with Gasteiger partial charge in [-0.2, -0.15) is 5.10 Å². The number of hydrogen-bond acceptors (Lipinski definition) is 3. The molecule has 0 spiro atoms. The fourth-order valence-corrected chi connectivity index (χ4v) is 4.01. The second kappa shape index (κ2) is 8.69. The van der Waals surface area contributed by atoms with E-state index in [0.29, 0.717) is 17.7 Å². The highest BCUT2D eigenvalue weighted by Gasteiger charge is 2.28. The van der Waals surface area contributed by atoms with Crippen molar-refractivity contribution in [3.8, 4) is 0 Å². The number of halogens is 1. The van der Waals surface area contributed by atoms with Gasteiger partial charge >= 0.3 is 0 Å². The van der Waals surface area contributed by atoms with E-state index in [1.54, 1.807) is 0 Å². The molecular weight excluding hydrogens is 348 g/mol. The molecule has 1 aromatic carbocycles. The van der Waals surface area contributed by atoms with Gasteiger partial charge in [0, 0.05) is 25.8 Å². The third kappa shape index (κ3) is 4.27. The van der Waals surface area contributed by atoms with Crippen molar-refractivity contribution in [3.05, 3.63) is 53.9 Å². The van der Waals surface area contributed by atoms with Crippen molar-refractivity contribution in [2.24, 2.45) is 5.92 Å². The molecule has 2 aliphatic heterocycles. The van der Waals surface area contributed by atoms with E-state index in [-0.39, 0.29) is 18.3 Å². The van der Waals surface area contributed by atoms with Crippen molar-refractivity contribution in [2.75, 3.05) is 26.2 Å². The Balaban J connectivity index is 0.00000196. The summed E-state index contributed by atoms with van der Waals surface area (Å²) in [5.41, 5.74) is 1.95. The van der Waals surface area contributed by atoms with Crippen molar-refractivity contribution < 1.29 is 4.79 Å². The molecule has 5 nitrogen and oxygen atoms in total. The van der Waals surface area contributed by atoms with Crippen LogP contribution in [0.1, 0.15) is 41.4 Å². The van der Waals surface area contributed by atoms with E-state index in [2.05, 4.69) is 34.7 Å². The van der Waals surface area contributed by atoms with Crippen LogP contribution in [0.5, 0.6) is 0 Å². The first kappa shape index (κ1) is 18.9.